The number of carbonyl (C=O) groups is 1. The number of carbonyl (C=O) groups excluding carboxylic acids is 1. The number of benzene rings is 1. The Bertz CT molecular complexity index is 795. The van der Waals surface area contributed by atoms with Crippen LogP contribution >= 0.6 is 0 Å². The van der Waals surface area contributed by atoms with Gasteiger partial charge in [-0.2, -0.15) is 0 Å². The summed E-state index contributed by atoms with van der Waals surface area (Å²) >= 11 is 0. The number of nitrogens with zero attached hydrogens (tertiary/aromatic N) is 1. The van der Waals surface area contributed by atoms with Crippen molar-refractivity contribution in [1.29, 1.82) is 0 Å². The van der Waals surface area contributed by atoms with Gasteiger partial charge in [0.1, 0.15) is 11.5 Å². The average Bonchev–Trinajstić information content (AvgIpc) is 3.10. The van der Waals surface area contributed by atoms with Crippen LogP contribution in [0.4, 0.5) is 0 Å². The van der Waals surface area contributed by atoms with E-state index in [9.17, 15) is 13.2 Å². The zero-order valence-corrected chi connectivity index (χ0v) is 13.8. The second-order valence-electron chi connectivity index (χ2n) is 5.87. The van der Waals surface area contributed by atoms with Gasteiger partial charge in [-0.15, -0.1) is 0 Å². The van der Waals surface area contributed by atoms with Gasteiger partial charge in [0, 0.05) is 11.6 Å². The van der Waals surface area contributed by atoms with E-state index in [1.807, 2.05) is 25.1 Å². The summed E-state index contributed by atoms with van der Waals surface area (Å²) in [5, 5.41) is 0. The lowest BCUT2D eigenvalue weighted by atomic mass is 10.1. The highest BCUT2D eigenvalue weighted by molar-refractivity contribution is 7.91. The van der Waals surface area contributed by atoms with Gasteiger partial charge in [0.25, 0.3) is 5.91 Å². The van der Waals surface area contributed by atoms with Crippen molar-refractivity contribution in [2.45, 2.75) is 25.9 Å². The lowest BCUT2D eigenvalue weighted by Gasteiger charge is -2.27. The third-order valence-corrected chi connectivity index (χ3v) is 5.80. The standard InChI is InChI=1S/C17H19NO4S/c1-13-7-8-16(22-13)11-18(15-9-10-23(20,21)12-15)17(19)14-5-3-2-4-6-14/h2-8,15H,9-12H2,1H3/t15-/m0/s1. The van der Waals surface area contributed by atoms with Crippen molar-refractivity contribution in [3.63, 3.8) is 0 Å². The molecule has 1 fully saturated rings. The quantitative estimate of drug-likeness (QED) is 0.862. The maximum absolute atomic E-state index is 12.8. The minimum atomic E-state index is -3.07. The van der Waals surface area contributed by atoms with Crippen molar-refractivity contribution >= 4 is 15.7 Å². The molecule has 6 heteroatoms. The third-order valence-electron chi connectivity index (χ3n) is 4.05. The Balaban J connectivity index is 1.88. The van der Waals surface area contributed by atoms with Crippen LogP contribution in [0.1, 0.15) is 28.3 Å². The second-order valence-corrected chi connectivity index (χ2v) is 8.10. The Morgan fingerprint density at radius 2 is 1.96 bits per heavy atom. The van der Waals surface area contributed by atoms with Crippen molar-refractivity contribution < 1.29 is 17.6 Å². The third kappa shape index (κ3) is 3.64. The highest BCUT2D eigenvalue weighted by Crippen LogP contribution is 2.23. The molecule has 0 unspecified atom stereocenters. The number of aryl methyl sites for hydroxylation is 1. The first-order chi connectivity index (χ1) is 10.9. The highest BCUT2D eigenvalue weighted by Gasteiger charge is 2.35. The summed E-state index contributed by atoms with van der Waals surface area (Å²) in [5.41, 5.74) is 0.556. The van der Waals surface area contributed by atoms with E-state index in [2.05, 4.69) is 0 Å². The van der Waals surface area contributed by atoms with E-state index in [0.29, 0.717) is 17.7 Å². The fraction of sp³-hybridized carbons (Fsp3) is 0.353. The fourth-order valence-corrected chi connectivity index (χ4v) is 4.60. The number of furan rings is 1. The Labute approximate surface area is 135 Å². The normalized spacial score (nSPS) is 19.6. The number of hydrogen-bond donors (Lipinski definition) is 0. The molecule has 1 atom stereocenters. The van der Waals surface area contributed by atoms with Crippen LogP contribution in [0, 0.1) is 6.92 Å². The molecule has 5 nitrogen and oxygen atoms in total. The Morgan fingerprint density at radius 1 is 1.22 bits per heavy atom. The van der Waals surface area contributed by atoms with E-state index in [0.717, 1.165) is 5.76 Å². The van der Waals surface area contributed by atoms with Crippen LogP contribution < -0.4 is 0 Å². The molecule has 122 valence electrons. The molecule has 0 bridgehead atoms. The van der Waals surface area contributed by atoms with Crippen LogP contribution in [0.25, 0.3) is 0 Å². The van der Waals surface area contributed by atoms with Crippen molar-refractivity contribution in [1.82, 2.24) is 4.90 Å². The molecular formula is C17H19NO4S. The van der Waals surface area contributed by atoms with Gasteiger partial charge in [-0.1, -0.05) is 18.2 Å². The summed E-state index contributed by atoms with van der Waals surface area (Å²) in [6, 6.07) is 12.3. The van der Waals surface area contributed by atoms with E-state index in [-0.39, 0.29) is 30.0 Å². The summed E-state index contributed by atoms with van der Waals surface area (Å²) in [7, 11) is -3.07. The van der Waals surface area contributed by atoms with E-state index in [1.165, 1.54) is 0 Å². The minimum Gasteiger partial charge on any atom is -0.464 e. The van der Waals surface area contributed by atoms with Crippen LogP contribution in [-0.2, 0) is 16.4 Å². The van der Waals surface area contributed by atoms with Crippen molar-refractivity contribution in [3.8, 4) is 0 Å². The van der Waals surface area contributed by atoms with Crippen LogP contribution in [0.2, 0.25) is 0 Å². The van der Waals surface area contributed by atoms with E-state index >= 15 is 0 Å². The molecule has 1 amide bonds. The number of hydrogen-bond acceptors (Lipinski definition) is 4. The van der Waals surface area contributed by atoms with E-state index < -0.39 is 9.84 Å². The first-order valence-electron chi connectivity index (χ1n) is 7.56. The molecule has 0 N–H and O–H groups in total. The smallest absolute Gasteiger partial charge is 0.254 e. The summed E-state index contributed by atoms with van der Waals surface area (Å²) in [6.07, 6.45) is 0.473. The Kier molecular flexibility index (Phi) is 4.26. The SMILES string of the molecule is Cc1ccc(CN(C(=O)c2ccccc2)[C@H]2CCS(=O)(=O)C2)o1. The van der Waals surface area contributed by atoms with Crippen LogP contribution in [-0.4, -0.2) is 36.8 Å². The predicted molar refractivity (Wildman–Crippen MR) is 86.8 cm³/mol. The monoisotopic (exact) mass is 333 g/mol. The van der Waals surface area contributed by atoms with Gasteiger partial charge < -0.3 is 9.32 Å². The summed E-state index contributed by atoms with van der Waals surface area (Å²) in [6.45, 7) is 2.12. The van der Waals surface area contributed by atoms with Gasteiger partial charge in [-0.3, -0.25) is 4.79 Å². The molecule has 0 spiro atoms. The van der Waals surface area contributed by atoms with Gasteiger partial charge in [-0.25, -0.2) is 8.42 Å². The molecule has 23 heavy (non-hydrogen) atoms. The van der Waals surface area contributed by atoms with Crippen LogP contribution in [0.5, 0.6) is 0 Å². The zero-order valence-electron chi connectivity index (χ0n) is 12.9. The van der Waals surface area contributed by atoms with Gasteiger partial charge in [0.2, 0.25) is 0 Å². The summed E-state index contributed by atoms with van der Waals surface area (Å²) < 4.78 is 29.2. The molecule has 1 aliphatic rings. The molecule has 0 aliphatic carbocycles. The van der Waals surface area contributed by atoms with Gasteiger partial charge in [-0.05, 0) is 37.6 Å². The van der Waals surface area contributed by atoms with Gasteiger partial charge in [0.05, 0.1) is 18.1 Å². The molecule has 1 aromatic heterocycles. The van der Waals surface area contributed by atoms with Crippen LogP contribution in [0.3, 0.4) is 0 Å². The minimum absolute atomic E-state index is 0.0191. The highest BCUT2D eigenvalue weighted by atomic mass is 32.2. The molecular weight excluding hydrogens is 314 g/mol. The molecule has 0 saturated carbocycles. The molecule has 0 radical (unpaired) electrons. The van der Waals surface area contributed by atoms with Crippen LogP contribution in [0.15, 0.2) is 46.9 Å². The molecule has 1 aliphatic heterocycles. The maximum atomic E-state index is 12.8. The predicted octanol–water partition coefficient (Wildman–Crippen LogP) is 2.42. The molecule has 2 heterocycles. The first kappa shape index (κ1) is 15.8. The van der Waals surface area contributed by atoms with E-state index in [4.69, 9.17) is 4.42 Å². The van der Waals surface area contributed by atoms with Crippen molar-refractivity contribution in [3.05, 3.63) is 59.5 Å². The Hall–Kier alpha value is -2.08. The Morgan fingerprint density at radius 3 is 2.52 bits per heavy atom. The van der Waals surface area contributed by atoms with Gasteiger partial charge in [0.15, 0.2) is 9.84 Å². The topological polar surface area (TPSA) is 67.6 Å². The van der Waals surface area contributed by atoms with Gasteiger partial charge >= 0.3 is 0 Å². The summed E-state index contributed by atoms with van der Waals surface area (Å²) in [5.74, 6) is 1.42. The average molecular weight is 333 g/mol. The van der Waals surface area contributed by atoms with Crippen molar-refractivity contribution in [2.75, 3.05) is 11.5 Å². The lowest BCUT2D eigenvalue weighted by Crippen LogP contribution is -2.40. The first-order valence-corrected chi connectivity index (χ1v) is 9.38. The molecule has 1 aromatic carbocycles. The second kappa shape index (κ2) is 6.20. The summed E-state index contributed by atoms with van der Waals surface area (Å²) in [4.78, 5) is 14.5. The largest absolute Gasteiger partial charge is 0.464 e. The number of sulfone groups is 1. The molecule has 1 saturated heterocycles. The zero-order chi connectivity index (χ0) is 16.4. The number of rotatable bonds is 4. The molecule has 2 aromatic rings. The molecule has 3 rings (SSSR count). The number of amides is 1. The fourth-order valence-electron chi connectivity index (χ4n) is 2.87. The van der Waals surface area contributed by atoms with Crippen molar-refractivity contribution in [2.24, 2.45) is 0 Å². The van der Waals surface area contributed by atoms with E-state index in [1.54, 1.807) is 29.2 Å². The lowest BCUT2D eigenvalue weighted by molar-refractivity contribution is 0.0665. The maximum Gasteiger partial charge on any atom is 0.254 e.